The van der Waals surface area contributed by atoms with Gasteiger partial charge in [0, 0.05) is 6.21 Å². The van der Waals surface area contributed by atoms with Crippen molar-refractivity contribution in [3.63, 3.8) is 0 Å². The molecule has 0 amide bonds. The van der Waals surface area contributed by atoms with Crippen LogP contribution in [-0.2, 0) is 0 Å². The van der Waals surface area contributed by atoms with Crippen molar-refractivity contribution >= 4 is 41.1 Å². The van der Waals surface area contributed by atoms with E-state index in [1.807, 2.05) is 0 Å². The fourth-order valence-corrected chi connectivity index (χ4v) is 1.15. The molecule has 0 aliphatic rings. The third-order valence-corrected chi connectivity index (χ3v) is 1.60. The normalized spacial score (nSPS) is 10.9. The molecule has 0 bridgehead atoms. The predicted molar refractivity (Wildman–Crippen MR) is 50.3 cm³/mol. The van der Waals surface area contributed by atoms with Crippen molar-refractivity contribution in [1.29, 1.82) is 0 Å². The van der Waals surface area contributed by atoms with Gasteiger partial charge in [-0.3, -0.25) is 4.99 Å². The molecular formula is C6H6Cl2N4. The molecule has 0 aromatic carbocycles. The fraction of sp³-hybridized carbons (Fsp3) is 0.167. The van der Waals surface area contributed by atoms with E-state index in [9.17, 15) is 0 Å². The lowest BCUT2D eigenvalue weighted by Crippen LogP contribution is -1.95. The van der Waals surface area contributed by atoms with E-state index in [0.29, 0.717) is 5.69 Å². The zero-order valence-corrected chi connectivity index (χ0v) is 7.76. The van der Waals surface area contributed by atoms with Crippen LogP contribution in [0.4, 0.5) is 11.6 Å². The number of aliphatic imine (C=N–C) groups is 1. The highest BCUT2D eigenvalue weighted by molar-refractivity contribution is 6.37. The van der Waals surface area contributed by atoms with E-state index < -0.39 is 0 Å². The first-order chi connectivity index (χ1) is 5.65. The molecule has 0 fully saturated rings. The number of rotatable bonds is 1. The van der Waals surface area contributed by atoms with Crippen molar-refractivity contribution in [2.75, 3.05) is 5.73 Å². The summed E-state index contributed by atoms with van der Waals surface area (Å²) in [5.41, 5.74) is 5.62. The van der Waals surface area contributed by atoms with Gasteiger partial charge in [0.05, 0.1) is 0 Å². The van der Waals surface area contributed by atoms with Crippen molar-refractivity contribution < 1.29 is 0 Å². The van der Waals surface area contributed by atoms with Crippen LogP contribution in [0.3, 0.4) is 0 Å². The van der Waals surface area contributed by atoms with E-state index in [4.69, 9.17) is 28.9 Å². The topological polar surface area (TPSA) is 64.2 Å². The van der Waals surface area contributed by atoms with Gasteiger partial charge in [0.2, 0.25) is 5.95 Å². The predicted octanol–water partition coefficient (Wildman–Crippen LogP) is 2.09. The summed E-state index contributed by atoms with van der Waals surface area (Å²) in [6, 6.07) is 0. The first-order valence-electron chi connectivity index (χ1n) is 3.12. The average molecular weight is 205 g/mol. The van der Waals surface area contributed by atoms with Gasteiger partial charge in [-0.1, -0.05) is 23.2 Å². The Morgan fingerprint density at radius 3 is 2.25 bits per heavy atom. The minimum atomic E-state index is 0.0417. The first kappa shape index (κ1) is 9.22. The third-order valence-electron chi connectivity index (χ3n) is 1.07. The summed E-state index contributed by atoms with van der Waals surface area (Å²) in [6.45, 7) is 1.74. The van der Waals surface area contributed by atoms with Crippen LogP contribution in [0.25, 0.3) is 0 Å². The lowest BCUT2D eigenvalue weighted by Gasteiger charge is -1.99. The average Bonchev–Trinajstić information content (AvgIpc) is 1.96. The smallest absolute Gasteiger partial charge is 0.223 e. The number of nitrogens with zero attached hydrogens (tertiary/aromatic N) is 3. The Kier molecular flexibility index (Phi) is 2.83. The Balaban J connectivity index is 3.28. The molecule has 0 aliphatic carbocycles. The monoisotopic (exact) mass is 204 g/mol. The van der Waals surface area contributed by atoms with Crippen molar-refractivity contribution in [2.24, 2.45) is 4.99 Å². The van der Waals surface area contributed by atoms with Gasteiger partial charge in [-0.05, 0) is 6.92 Å². The van der Waals surface area contributed by atoms with Crippen LogP contribution in [0.2, 0.25) is 10.3 Å². The van der Waals surface area contributed by atoms with Crippen LogP contribution in [0.5, 0.6) is 0 Å². The minimum Gasteiger partial charge on any atom is -0.368 e. The summed E-state index contributed by atoms with van der Waals surface area (Å²) in [7, 11) is 0. The van der Waals surface area contributed by atoms with Crippen molar-refractivity contribution in [2.45, 2.75) is 6.92 Å². The van der Waals surface area contributed by atoms with Crippen molar-refractivity contribution in [3.05, 3.63) is 10.3 Å². The molecule has 1 aromatic rings. The molecule has 2 N–H and O–H groups in total. The molecule has 4 nitrogen and oxygen atoms in total. The largest absolute Gasteiger partial charge is 0.368 e. The number of hydrogen-bond donors (Lipinski definition) is 1. The molecule has 1 rings (SSSR count). The Labute approximate surface area is 79.4 Å². The summed E-state index contributed by atoms with van der Waals surface area (Å²) in [4.78, 5) is 11.3. The Morgan fingerprint density at radius 1 is 1.33 bits per heavy atom. The SMILES string of the molecule is C/C=N/c1c(Cl)nc(N)nc1Cl. The second kappa shape index (κ2) is 3.69. The maximum Gasteiger partial charge on any atom is 0.223 e. The van der Waals surface area contributed by atoms with Crippen LogP contribution < -0.4 is 5.73 Å². The summed E-state index contributed by atoms with van der Waals surface area (Å²) in [6.07, 6.45) is 1.55. The van der Waals surface area contributed by atoms with E-state index in [0.717, 1.165) is 0 Å². The molecule has 0 saturated carbocycles. The molecule has 0 aliphatic heterocycles. The molecule has 0 spiro atoms. The number of nitrogen functional groups attached to an aromatic ring is 1. The van der Waals surface area contributed by atoms with Gasteiger partial charge < -0.3 is 5.73 Å². The summed E-state index contributed by atoms with van der Waals surface area (Å²) in [5, 5.41) is 0.316. The number of nitrogens with two attached hydrogens (primary N) is 1. The second-order valence-electron chi connectivity index (χ2n) is 1.90. The lowest BCUT2D eigenvalue weighted by molar-refractivity contribution is 1.18. The number of halogens is 2. The van der Waals surface area contributed by atoms with Gasteiger partial charge >= 0.3 is 0 Å². The van der Waals surface area contributed by atoms with E-state index in [-0.39, 0.29) is 16.3 Å². The number of anilines is 1. The van der Waals surface area contributed by atoms with Gasteiger partial charge in [0.25, 0.3) is 0 Å². The summed E-state index contributed by atoms with van der Waals surface area (Å²) in [5.74, 6) is 0.0417. The van der Waals surface area contributed by atoms with E-state index in [1.54, 1.807) is 13.1 Å². The fourth-order valence-electron chi connectivity index (χ4n) is 0.653. The molecule has 0 saturated heterocycles. The molecule has 0 radical (unpaired) electrons. The molecule has 1 aromatic heterocycles. The van der Waals surface area contributed by atoms with E-state index >= 15 is 0 Å². The zero-order chi connectivity index (χ0) is 9.14. The Hall–Kier alpha value is -0.870. The Morgan fingerprint density at radius 2 is 1.83 bits per heavy atom. The van der Waals surface area contributed by atoms with Crippen molar-refractivity contribution in [1.82, 2.24) is 9.97 Å². The third kappa shape index (κ3) is 1.84. The molecule has 1 heterocycles. The zero-order valence-electron chi connectivity index (χ0n) is 6.25. The van der Waals surface area contributed by atoms with Crippen LogP contribution in [0.15, 0.2) is 4.99 Å². The summed E-state index contributed by atoms with van der Waals surface area (Å²) < 4.78 is 0. The van der Waals surface area contributed by atoms with Gasteiger partial charge in [-0.2, -0.15) is 9.97 Å². The molecule has 64 valence electrons. The maximum atomic E-state index is 5.68. The van der Waals surface area contributed by atoms with E-state index in [1.165, 1.54) is 0 Å². The van der Waals surface area contributed by atoms with Crippen LogP contribution >= 0.6 is 23.2 Å². The standard InChI is InChI=1S/C6H6Cl2N4/c1-2-10-3-4(7)11-6(9)12-5(3)8/h2H,1H3,(H2,9,11,12)/b10-2+. The molecule has 12 heavy (non-hydrogen) atoms. The molecule has 0 atom stereocenters. The second-order valence-corrected chi connectivity index (χ2v) is 2.62. The molecule has 0 unspecified atom stereocenters. The number of hydrogen-bond acceptors (Lipinski definition) is 4. The van der Waals surface area contributed by atoms with Crippen LogP contribution in [0, 0.1) is 0 Å². The highest BCUT2D eigenvalue weighted by Crippen LogP contribution is 2.29. The minimum absolute atomic E-state index is 0.0417. The van der Waals surface area contributed by atoms with Crippen molar-refractivity contribution in [3.8, 4) is 0 Å². The van der Waals surface area contributed by atoms with Gasteiger partial charge in [-0.15, -0.1) is 0 Å². The molecule has 6 heteroatoms. The lowest BCUT2D eigenvalue weighted by atomic mass is 10.5. The van der Waals surface area contributed by atoms with Gasteiger partial charge in [0.15, 0.2) is 10.3 Å². The Bertz CT molecular complexity index is 300. The van der Waals surface area contributed by atoms with Gasteiger partial charge in [0.1, 0.15) is 5.69 Å². The first-order valence-corrected chi connectivity index (χ1v) is 3.88. The van der Waals surface area contributed by atoms with Crippen LogP contribution in [0.1, 0.15) is 6.92 Å². The van der Waals surface area contributed by atoms with E-state index in [2.05, 4.69) is 15.0 Å². The highest BCUT2D eigenvalue weighted by atomic mass is 35.5. The summed E-state index contributed by atoms with van der Waals surface area (Å²) >= 11 is 11.4. The maximum absolute atomic E-state index is 5.68. The van der Waals surface area contributed by atoms with Gasteiger partial charge in [-0.25, -0.2) is 0 Å². The highest BCUT2D eigenvalue weighted by Gasteiger charge is 2.07. The number of aromatic nitrogens is 2. The quantitative estimate of drug-likeness (QED) is 0.563. The molecular weight excluding hydrogens is 199 g/mol. The van der Waals surface area contributed by atoms with Crippen LogP contribution in [-0.4, -0.2) is 16.2 Å².